The smallest absolute Gasteiger partial charge is 0.338 e. The molecule has 5 nitrogen and oxygen atoms in total. The topological polar surface area (TPSA) is 92.4 Å². The molecule has 0 saturated carbocycles. The Morgan fingerprint density at radius 2 is 2.16 bits per heavy atom. The van der Waals surface area contributed by atoms with Gasteiger partial charge in [-0.05, 0) is 37.0 Å². The second-order valence-corrected chi connectivity index (χ2v) is 5.17. The first kappa shape index (κ1) is 15.5. The standard InChI is InChI=1S/C13H18N2O3S/c1-8-4-3-5-10(11(8)13(17)18)15-12(16)9(14)6-7-19-2/h3-5,9H,6-7,14H2,1-2H3,(H,15,16)(H,17,18)/t9-/m0/s1. The van der Waals surface area contributed by atoms with E-state index in [0.29, 0.717) is 12.0 Å². The van der Waals surface area contributed by atoms with E-state index in [1.54, 1.807) is 36.9 Å². The zero-order chi connectivity index (χ0) is 14.4. The molecule has 0 aliphatic heterocycles. The fourth-order valence-electron chi connectivity index (χ4n) is 1.66. The number of hydrogen-bond acceptors (Lipinski definition) is 4. The Bertz CT molecular complexity index is 477. The van der Waals surface area contributed by atoms with Gasteiger partial charge in [0.2, 0.25) is 5.91 Å². The van der Waals surface area contributed by atoms with Gasteiger partial charge in [0.1, 0.15) is 0 Å². The van der Waals surface area contributed by atoms with E-state index in [2.05, 4.69) is 5.32 Å². The van der Waals surface area contributed by atoms with Gasteiger partial charge in [0.05, 0.1) is 17.3 Å². The van der Waals surface area contributed by atoms with E-state index >= 15 is 0 Å². The Morgan fingerprint density at radius 3 is 2.74 bits per heavy atom. The molecule has 0 aliphatic carbocycles. The second-order valence-electron chi connectivity index (χ2n) is 4.18. The van der Waals surface area contributed by atoms with Crippen LogP contribution in [0.5, 0.6) is 0 Å². The Balaban J connectivity index is 2.85. The van der Waals surface area contributed by atoms with E-state index < -0.39 is 12.0 Å². The number of carbonyl (C=O) groups excluding carboxylic acids is 1. The number of carbonyl (C=O) groups is 2. The minimum atomic E-state index is -1.06. The number of rotatable bonds is 6. The van der Waals surface area contributed by atoms with Gasteiger partial charge in [-0.2, -0.15) is 11.8 Å². The highest BCUT2D eigenvalue weighted by atomic mass is 32.2. The molecule has 0 fully saturated rings. The lowest BCUT2D eigenvalue weighted by Crippen LogP contribution is -2.36. The lowest BCUT2D eigenvalue weighted by molar-refractivity contribution is -0.117. The monoisotopic (exact) mass is 282 g/mol. The molecule has 0 bridgehead atoms. The molecule has 0 saturated heterocycles. The van der Waals surface area contributed by atoms with Crippen molar-refractivity contribution in [2.24, 2.45) is 5.73 Å². The molecule has 1 atom stereocenters. The van der Waals surface area contributed by atoms with Crippen LogP contribution in [0.1, 0.15) is 22.3 Å². The molecule has 0 aliphatic rings. The highest BCUT2D eigenvalue weighted by Crippen LogP contribution is 2.19. The largest absolute Gasteiger partial charge is 0.478 e. The lowest BCUT2D eigenvalue weighted by atomic mass is 10.1. The van der Waals surface area contributed by atoms with Crippen molar-refractivity contribution in [3.05, 3.63) is 29.3 Å². The molecule has 0 heterocycles. The van der Waals surface area contributed by atoms with E-state index in [0.717, 1.165) is 5.75 Å². The lowest BCUT2D eigenvalue weighted by Gasteiger charge is -2.14. The molecular weight excluding hydrogens is 264 g/mol. The van der Waals surface area contributed by atoms with Gasteiger partial charge in [-0.15, -0.1) is 0 Å². The van der Waals surface area contributed by atoms with Crippen LogP contribution in [0.2, 0.25) is 0 Å². The summed E-state index contributed by atoms with van der Waals surface area (Å²) in [6.07, 6.45) is 2.49. The van der Waals surface area contributed by atoms with Gasteiger partial charge in [-0.25, -0.2) is 4.79 Å². The van der Waals surface area contributed by atoms with Crippen molar-refractivity contribution in [3.8, 4) is 0 Å². The summed E-state index contributed by atoms with van der Waals surface area (Å²) in [5.74, 6) is -0.637. The molecule has 1 aromatic carbocycles. The van der Waals surface area contributed by atoms with Gasteiger partial charge in [0.25, 0.3) is 0 Å². The molecule has 1 rings (SSSR count). The zero-order valence-electron chi connectivity index (χ0n) is 11.0. The molecule has 4 N–H and O–H groups in total. The molecule has 1 aromatic rings. The first-order valence-corrected chi connectivity index (χ1v) is 7.25. The maximum Gasteiger partial charge on any atom is 0.338 e. The van der Waals surface area contributed by atoms with E-state index in [9.17, 15) is 9.59 Å². The van der Waals surface area contributed by atoms with Crippen LogP contribution < -0.4 is 11.1 Å². The maximum atomic E-state index is 11.9. The Kier molecular flexibility index (Phi) is 5.85. The van der Waals surface area contributed by atoms with E-state index in [4.69, 9.17) is 10.8 Å². The van der Waals surface area contributed by atoms with Crippen molar-refractivity contribution in [2.45, 2.75) is 19.4 Å². The molecule has 1 amide bonds. The number of hydrogen-bond donors (Lipinski definition) is 3. The molecule has 6 heteroatoms. The Morgan fingerprint density at radius 1 is 1.47 bits per heavy atom. The normalized spacial score (nSPS) is 11.9. The molecule has 0 spiro atoms. The van der Waals surface area contributed by atoms with Gasteiger partial charge in [-0.1, -0.05) is 12.1 Å². The zero-order valence-corrected chi connectivity index (χ0v) is 11.8. The summed E-state index contributed by atoms with van der Waals surface area (Å²) in [5, 5.41) is 11.7. The molecule has 104 valence electrons. The number of carboxylic acid groups (broad SMARTS) is 1. The SMILES string of the molecule is CSCC[C@H](N)C(=O)Nc1cccc(C)c1C(=O)O. The first-order chi connectivity index (χ1) is 8.97. The second kappa shape index (κ2) is 7.16. The van der Waals surface area contributed by atoms with Crippen LogP contribution in [0.3, 0.4) is 0 Å². The number of amides is 1. The number of aryl methyl sites for hydroxylation is 1. The predicted octanol–water partition coefficient (Wildman–Crippen LogP) is 1.71. The molecule has 0 radical (unpaired) electrons. The Hall–Kier alpha value is -1.53. The van der Waals surface area contributed by atoms with Crippen LogP contribution in [0, 0.1) is 6.92 Å². The van der Waals surface area contributed by atoms with Crippen LogP contribution >= 0.6 is 11.8 Å². The number of nitrogens with one attached hydrogen (secondary N) is 1. The van der Waals surface area contributed by atoms with Crippen LogP contribution in [0.25, 0.3) is 0 Å². The van der Waals surface area contributed by atoms with E-state index in [1.807, 2.05) is 6.26 Å². The summed E-state index contributed by atoms with van der Waals surface area (Å²) in [6.45, 7) is 1.69. The summed E-state index contributed by atoms with van der Waals surface area (Å²) in [7, 11) is 0. The summed E-state index contributed by atoms with van der Waals surface area (Å²) >= 11 is 1.61. The number of thioether (sulfide) groups is 1. The van der Waals surface area contributed by atoms with Crippen molar-refractivity contribution < 1.29 is 14.7 Å². The van der Waals surface area contributed by atoms with Crippen molar-refractivity contribution >= 4 is 29.3 Å². The summed E-state index contributed by atoms with van der Waals surface area (Å²) in [6, 6.07) is 4.32. The molecule has 19 heavy (non-hydrogen) atoms. The van der Waals surface area contributed by atoms with Crippen molar-refractivity contribution in [1.29, 1.82) is 0 Å². The maximum absolute atomic E-state index is 11.9. The van der Waals surface area contributed by atoms with E-state index in [1.165, 1.54) is 0 Å². The number of benzene rings is 1. The minimum Gasteiger partial charge on any atom is -0.478 e. The summed E-state index contributed by atoms with van der Waals surface area (Å²) in [5.41, 5.74) is 6.74. The fourth-order valence-corrected chi connectivity index (χ4v) is 2.15. The fraction of sp³-hybridized carbons (Fsp3) is 0.385. The third-order valence-electron chi connectivity index (χ3n) is 2.71. The van der Waals surface area contributed by atoms with Crippen LogP contribution in [-0.2, 0) is 4.79 Å². The van der Waals surface area contributed by atoms with Gasteiger partial charge >= 0.3 is 5.97 Å². The predicted molar refractivity (Wildman–Crippen MR) is 77.7 cm³/mol. The van der Waals surface area contributed by atoms with Crippen molar-refractivity contribution in [1.82, 2.24) is 0 Å². The highest BCUT2D eigenvalue weighted by molar-refractivity contribution is 7.98. The number of aromatic carboxylic acids is 1. The molecular formula is C13H18N2O3S. The van der Waals surface area contributed by atoms with Gasteiger partial charge in [0.15, 0.2) is 0 Å². The van der Waals surface area contributed by atoms with Gasteiger partial charge in [0, 0.05) is 0 Å². The summed E-state index contributed by atoms with van der Waals surface area (Å²) < 4.78 is 0. The van der Waals surface area contributed by atoms with Gasteiger partial charge in [-0.3, -0.25) is 4.79 Å². The minimum absolute atomic E-state index is 0.105. The average molecular weight is 282 g/mol. The van der Waals surface area contributed by atoms with Crippen molar-refractivity contribution in [2.75, 3.05) is 17.3 Å². The number of carboxylic acids is 1. The van der Waals surface area contributed by atoms with E-state index in [-0.39, 0.29) is 17.2 Å². The average Bonchev–Trinajstić information content (AvgIpc) is 2.35. The van der Waals surface area contributed by atoms with Gasteiger partial charge < -0.3 is 16.2 Å². The Labute approximate surface area is 116 Å². The number of nitrogens with two attached hydrogens (primary N) is 1. The molecule has 0 aromatic heterocycles. The highest BCUT2D eigenvalue weighted by Gasteiger charge is 2.18. The van der Waals surface area contributed by atoms with Crippen LogP contribution in [0.15, 0.2) is 18.2 Å². The number of anilines is 1. The summed E-state index contributed by atoms with van der Waals surface area (Å²) in [4.78, 5) is 23.0. The molecule has 0 unspecified atom stereocenters. The van der Waals surface area contributed by atoms with Crippen LogP contribution in [-0.4, -0.2) is 35.0 Å². The van der Waals surface area contributed by atoms with Crippen molar-refractivity contribution in [3.63, 3.8) is 0 Å². The quantitative estimate of drug-likeness (QED) is 0.738. The van der Waals surface area contributed by atoms with Crippen LogP contribution in [0.4, 0.5) is 5.69 Å². The first-order valence-electron chi connectivity index (χ1n) is 5.85. The third kappa shape index (κ3) is 4.25. The third-order valence-corrected chi connectivity index (χ3v) is 3.36.